The van der Waals surface area contributed by atoms with Crippen LogP contribution < -0.4 is 9.46 Å². The number of carbonyl (C=O) groups is 1. The molecule has 0 radical (unpaired) electrons. The number of ether oxygens (including phenoxy) is 1. The Bertz CT molecular complexity index is 1560. The first-order valence-corrected chi connectivity index (χ1v) is 14.7. The summed E-state index contributed by atoms with van der Waals surface area (Å²) in [4.78, 5) is 17.4. The summed E-state index contributed by atoms with van der Waals surface area (Å²) >= 11 is 12.4. The number of nitrogens with one attached hydrogen (secondary N) is 1. The Morgan fingerprint density at radius 3 is 2.20 bits per heavy atom. The second-order valence-corrected chi connectivity index (χ2v) is 11.8. The fourth-order valence-corrected chi connectivity index (χ4v) is 5.30. The van der Waals surface area contributed by atoms with Gasteiger partial charge in [-0.2, -0.15) is 0 Å². The quantitative estimate of drug-likeness (QED) is 0.206. The van der Waals surface area contributed by atoms with Gasteiger partial charge in [-0.25, -0.2) is 8.42 Å². The van der Waals surface area contributed by atoms with E-state index in [2.05, 4.69) is 4.72 Å². The molecule has 0 aliphatic carbocycles. The number of para-hydroxylation sites is 1. The first-order valence-electron chi connectivity index (χ1n) is 12.4. The Morgan fingerprint density at radius 2 is 1.52 bits per heavy atom. The Hall–Kier alpha value is -3.56. The highest BCUT2D eigenvalue weighted by Crippen LogP contribution is 2.30. The number of rotatable bonds is 11. The van der Waals surface area contributed by atoms with Gasteiger partial charge in [0.1, 0.15) is 11.5 Å². The summed E-state index contributed by atoms with van der Waals surface area (Å²) in [5.74, 6) is 0.540. The average Bonchev–Trinajstić information content (AvgIpc) is 2.93. The zero-order valence-electron chi connectivity index (χ0n) is 22.1. The monoisotopic (exact) mass is 597 g/mol. The number of likely N-dealkylation sites (N-methyl/N-ethyl adjacent to an activating group) is 1. The van der Waals surface area contributed by atoms with Crippen LogP contribution >= 0.6 is 23.2 Å². The number of carbonyl (C=O) groups excluding carboxylic acids is 1. The number of amides is 1. The normalized spacial score (nSPS) is 11.3. The van der Waals surface area contributed by atoms with Crippen LogP contribution in [0.4, 0.5) is 5.69 Å². The number of nitrogens with zero attached hydrogens (tertiary/aromatic N) is 2. The van der Waals surface area contributed by atoms with Gasteiger partial charge < -0.3 is 14.5 Å². The zero-order chi connectivity index (χ0) is 28.7. The molecule has 0 bridgehead atoms. The molecule has 0 saturated carbocycles. The second kappa shape index (κ2) is 13.2. The lowest BCUT2D eigenvalue weighted by molar-refractivity contribution is 0.0733. The molecule has 1 amide bonds. The zero-order valence-corrected chi connectivity index (χ0v) is 24.4. The van der Waals surface area contributed by atoms with Crippen molar-refractivity contribution in [3.05, 3.63) is 118 Å². The lowest BCUT2D eigenvalue weighted by Crippen LogP contribution is -2.36. The molecule has 0 atom stereocenters. The maximum atomic E-state index is 13.8. The Balaban J connectivity index is 1.58. The number of sulfonamides is 1. The van der Waals surface area contributed by atoms with Crippen molar-refractivity contribution in [1.29, 1.82) is 0 Å². The van der Waals surface area contributed by atoms with Gasteiger partial charge in [0.05, 0.1) is 21.2 Å². The van der Waals surface area contributed by atoms with Crippen LogP contribution in [0.2, 0.25) is 10.0 Å². The number of anilines is 1. The van der Waals surface area contributed by atoms with Crippen LogP contribution in [0, 0.1) is 0 Å². The molecule has 4 aromatic carbocycles. The SMILES string of the molecule is CN(C)CCN(Cc1ccccc1)C(=O)c1cc(Cl)ccc1NS(=O)(=O)c1ccc(Oc2ccccc2Cl)cc1. The lowest BCUT2D eigenvalue weighted by Gasteiger charge is -2.26. The van der Waals surface area contributed by atoms with Crippen LogP contribution in [0.15, 0.2) is 102 Å². The van der Waals surface area contributed by atoms with E-state index in [9.17, 15) is 13.2 Å². The molecule has 0 saturated heterocycles. The van der Waals surface area contributed by atoms with Crippen molar-refractivity contribution in [3.63, 3.8) is 0 Å². The Kier molecular flexibility index (Phi) is 9.71. The van der Waals surface area contributed by atoms with Crippen molar-refractivity contribution < 1.29 is 17.9 Å². The molecule has 0 unspecified atom stereocenters. The minimum absolute atomic E-state index is 0.00103. The smallest absolute Gasteiger partial charge is 0.261 e. The van der Waals surface area contributed by atoms with Crippen LogP contribution in [-0.4, -0.2) is 51.3 Å². The van der Waals surface area contributed by atoms with Crippen molar-refractivity contribution in [1.82, 2.24) is 9.80 Å². The van der Waals surface area contributed by atoms with Gasteiger partial charge in [0, 0.05) is 24.7 Å². The van der Waals surface area contributed by atoms with Gasteiger partial charge in [-0.15, -0.1) is 0 Å². The van der Waals surface area contributed by atoms with Crippen molar-refractivity contribution in [3.8, 4) is 11.5 Å². The minimum Gasteiger partial charge on any atom is -0.456 e. The maximum Gasteiger partial charge on any atom is 0.261 e. The topological polar surface area (TPSA) is 79.0 Å². The summed E-state index contributed by atoms with van der Waals surface area (Å²) in [6.07, 6.45) is 0. The first-order chi connectivity index (χ1) is 19.1. The number of hydrogen-bond acceptors (Lipinski definition) is 5. The summed E-state index contributed by atoms with van der Waals surface area (Å²) in [7, 11) is -0.193. The Morgan fingerprint density at radius 1 is 0.850 bits per heavy atom. The largest absolute Gasteiger partial charge is 0.456 e. The van der Waals surface area contributed by atoms with E-state index >= 15 is 0 Å². The van der Waals surface area contributed by atoms with E-state index in [0.29, 0.717) is 41.2 Å². The molecule has 4 aromatic rings. The minimum atomic E-state index is -4.04. The molecule has 0 aromatic heterocycles. The van der Waals surface area contributed by atoms with Gasteiger partial charge >= 0.3 is 0 Å². The van der Waals surface area contributed by atoms with Gasteiger partial charge in [-0.05, 0) is 74.3 Å². The number of hydrogen-bond donors (Lipinski definition) is 1. The fourth-order valence-electron chi connectivity index (χ4n) is 3.87. The highest BCUT2D eigenvalue weighted by atomic mass is 35.5. The summed E-state index contributed by atoms with van der Waals surface area (Å²) in [6.45, 7) is 1.42. The van der Waals surface area contributed by atoms with Crippen LogP contribution in [0.3, 0.4) is 0 Å². The predicted molar refractivity (Wildman–Crippen MR) is 160 cm³/mol. The van der Waals surface area contributed by atoms with E-state index < -0.39 is 10.0 Å². The molecular formula is C30H29Cl2N3O4S. The molecule has 10 heteroatoms. The molecule has 7 nitrogen and oxygen atoms in total. The predicted octanol–water partition coefficient (Wildman–Crippen LogP) is 6.79. The molecular weight excluding hydrogens is 569 g/mol. The third kappa shape index (κ3) is 7.76. The third-order valence-corrected chi connectivity index (χ3v) is 7.90. The molecule has 4 rings (SSSR count). The summed E-state index contributed by atoms with van der Waals surface area (Å²) in [5.41, 5.74) is 1.25. The molecule has 40 heavy (non-hydrogen) atoms. The summed E-state index contributed by atoms with van der Waals surface area (Å²) < 4.78 is 35.0. The second-order valence-electron chi connectivity index (χ2n) is 9.31. The van der Waals surface area contributed by atoms with E-state index in [0.717, 1.165) is 5.56 Å². The van der Waals surface area contributed by atoms with E-state index in [-0.39, 0.29) is 22.1 Å². The van der Waals surface area contributed by atoms with Crippen molar-refractivity contribution in [2.45, 2.75) is 11.4 Å². The highest BCUT2D eigenvalue weighted by molar-refractivity contribution is 7.92. The van der Waals surface area contributed by atoms with Crippen LogP contribution in [0.1, 0.15) is 15.9 Å². The summed E-state index contributed by atoms with van der Waals surface area (Å²) in [6, 6.07) is 27.0. The molecule has 0 spiro atoms. The van der Waals surface area contributed by atoms with Gasteiger partial charge in [-0.1, -0.05) is 65.7 Å². The van der Waals surface area contributed by atoms with Crippen molar-refractivity contribution in [2.75, 3.05) is 31.9 Å². The van der Waals surface area contributed by atoms with Gasteiger partial charge in [0.25, 0.3) is 15.9 Å². The highest BCUT2D eigenvalue weighted by Gasteiger charge is 2.23. The van der Waals surface area contributed by atoms with Gasteiger partial charge in [0.2, 0.25) is 0 Å². The molecule has 0 aliphatic rings. The molecule has 0 heterocycles. The van der Waals surface area contributed by atoms with Gasteiger partial charge in [0.15, 0.2) is 0 Å². The molecule has 208 valence electrons. The molecule has 0 fully saturated rings. The van der Waals surface area contributed by atoms with Crippen molar-refractivity contribution >= 4 is 44.8 Å². The van der Waals surface area contributed by atoms with E-state index in [1.165, 1.54) is 42.5 Å². The van der Waals surface area contributed by atoms with E-state index in [1.807, 2.05) is 49.3 Å². The van der Waals surface area contributed by atoms with Crippen LogP contribution in [0.25, 0.3) is 0 Å². The summed E-state index contributed by atoms with van der Waals surface area (Å²) in [5, 5.41) is 0.757. The Labute approximate surface area is 245 Å². The standard InChI is InChI=1S/C30H29Cl2N3O4S/c1-34(2)18-19-35(21-22-8-4-3-5-9-22)30(36)26-20-23(31)12-17-28(26)33-40(37,38)25-15-13-24(14-16-25)39-29-11-7-6-10-27(29)32/h3-17,20,33H,18-19,21H2,1-2H3. The van der Waals surface area contributed by atoms with E-state index in [1.54, 1.807) is 29.2 Å². The number of benzene rings is 4. The van der Waals surface area contributed by atoms with Gasteiger partial charge in [-0.3, -0.25) is 9.52 Å². The fraction of sp³-hybridized carbons (Fsp3) is 0.167. The third-order valence-electron chi connectivity index (χ3n) is 5.98. The van der Waals surface area contributed by atoms with E-state index in [4.69, 9.17) is 27.9 Å². The maximum absolute atomic E-state index is 13.8. The van der Waals surface area contributed by atoms with Crippen LogP contribution in [-0.2, 0) is 16.6 Å². The number of halogens is 2. The average molecular weight is 599 g/mol. The molecule has 1 N–H and O–H groups in total. The van der Waals surface area contributed by atoms with Crippen molar-refractivity contribution in [2.24, 2.45) is 0 Å². The molecule has 0 aliphatic heterocycles. The van der Waals surface area contributed by atoms with Crippen LogP contribution in [0.5, 0.6) is 11.5 Å². The first kappa shape index (κ1) is 29.4. The lowest BCUT2D eigenvalue weighted by atomic mass is 10.1.